The predicted octanol–water partition coefficient (Wildman–Crippen LogP) is 0.107. The molecule has 0 radical (unpaired) electrons. The molecule has 0 aromatic rings. The fraction of sp³-hybridized carbons (Fsp3) is 0.545. The maximum absolute atomic E-state index is 11.3. The minimum absolute atomic E-state index is 0.269. The molecular formula is C11H18N2O3. The zero-order valence-corrected chi connectivity index (χ0v) is 9.53. The first-order valence-corrected chi connectivity index (χ1v) is 5.20. The Labute approximate surface area is 94.8 Å². The first kappa shape index (κ1) is 12.9. The molecule has 0 aromatic heterocycles. The molecule has 1 aliphatic carbocycles. The van der Waals surface area contributed by atoms with E-state index in [4.69, 9.17) is 5.21 Å². The Morgan fingerprint density at radius 3 is 2.81 bits per heavy atom. The summed E-state index contributed by atoms with van der Waals surface area (Å²) < 4.78 is 0. The van der Waals surface area contributed by atoms with Crippen LogP contribution in [0.1, 0.15) is 19.8 Å². The molecule has 0 aromatic carbocycles. The van der Waals surface area contributed by atoms with Gasteiger partial charge in [-0.05, 0) is 25.3 Å². The van der Waals surface area contributed by atoms with E-state index in [0.29, 0.717) is 12.8 Å². The van der Waals surface area contributed by atoms with Crippen LogP contribution >= 0.6 is 0 Å². The Balaban J connectivity index is 2.59. The summed E-state index contributed by atoms with van der Waals surface area (Å²) in [6, 6.07) is -0.663. The lowest BCUT2D eigenvalue weighted by atomic mass is 9.91. The zero-order chi connectivity index (χ0) is 12.2. The molecule has 0 saturated carbocycles. The molecule has 1 rings (SSSR count). The lowest BCUT2D eigenvalue weighted by molar-refractivity contribution is -0.125. The molecule has 0 heterocycles. The molecule has 4 N–H and O–H groups in total. The minimum Gasteiger partial charge on any atom is -0.386 e. The van der Waals surface area contributed by atoms with Crippen LogP contribution in [-0.4, -0.2) is 34.9 Å². The van der Waals surface area contributed by atoms with E-state index < -0.39 is 11.6 Å². The third-order valence-electron chi connectivity index (χ3n) is 2.59. The van der Waals surface area contributed by atoms with Crippen LogP contribution in [0.25, 0.3) is 0 Å². The van der Waals surface area contributed by atoms with Gasteiger partial charge in [0.15, 0.2) is 0 Å². The van der Waals surface area contributed by atoms with E-state index in [2.05, 4.69) is 5.32 Å². The van der Waals surface area contributed by atoms with Crippen molar-refractivity contribution in [3.63, 3.8) is 0 Å². The Kier molecular flexibility index (Phi) is 4.23. The van der Waals surface area contributed by atoms with Gasteiger partial charge in [0.25, 0.3) is 0 Å². The summed E-state index contributed by atoms with van der Waals surface area (Å²) >= 11 is 0. The normalized spacial score (nSPS) is 26.1. The Morgan fingerprint density at radius 1 is 1.69 bits per heavy atom. The summed E-state index contributed by atoms with van der Waals surface area (Å²) in [5, 5.41) is 21.0. The van der Waals surface area contributed by atoms with Crippen molar-refractivity contribution in [3.8, 4) is 0 Å². The molecule has 1 amide bonds. The second-order valence-corrected chi connectivity index (χ2v) is 4.17. The Hall–Kier alpha value is -1.17. The van der Waals surface area contributed by atoms with E-state index >= 15 is 0 Å². The van der Waals surface area contributed by atoms with Crippen LogP contribution in [0.15, 0.2) is 23.8 Å². The number of likely N-dealkylation sites (N-methyl/N-ethyl adjacent to an activating group) is 1. The molecule has 0 fully saturated rings. The van der Waals surface area contributed by atoms with Crippen LogP contribution in [0.4, 0.5) is 0 Å². The van der Waals surface area contributed by atoms with Crippen molar-refractivity contribution in [3.05, 3.63) is 23.8 Å². The van der Waals surface area contributed by atoms with Gasteiger partial charge in [0.1, 0.15) is 6.04 Å². The summed E-state index contributed by atoms with van der Waals surface area (Å²) in [5.41, 5.74) is 2.08. The monoisotopic (exact) mass is 226 g/mol. The molecule has 16 heavy (non-hydrogen) atoms. The van der Waals surface area contributed by atoms with Crippen molar-refractivity contribution >= 4 is 5.91 Å². The molecule has 0 bridgehead atoms. The second kappa shape index (κ2) is 5.25. The van der Waals surface area contributed by atoms with Gasteiger partial charge < -0.3 is 15.6 Å². The smallest absolute Gasteiger partial charge is 0.239 e. The number of carbonyl (C=O) groups is 1. The summed E-state index contributed by atoms with van der Waals surface area (Å²) in [6.07, 6.45) is 6.25. The highest BCUT2D eigenvalue weighted by Crippen LogP contribution is 2.22. The van der Waals surface area contributed by atoms with E-state index in [9.17, 15) is 9.90 Å². The third-order valence-corrected chi connectivity index (χ3v) is 2.59. The Bertz CT molecular complexity index is 321. The largest absolute Gasteiger partial charge is 0.386 e. The van der Waals surface area contributed by atoms with Gasteiger partial charge in [-0.1, -0.05) is 18.2 Å². The van der Waals surface area contributed by atoms with Crippen LogP contribution in [0.5, 0.6) is 0 Å². The second-order valence-electron chi connectivity index (χ2n) is 4.17. The summed E-state index contributed by atoms with van der Waals surface area (Å²) in [6.45, 7) is 1.72. The zero-order valence-electron chi connectivity index (χ0n) is 9.53. The highest BCUT2D eigenvalue weighted by atomic mass is 16.5. The van der Waals surface area contributed by atoms with Gasteiger partial charge in [0, 0.05) is 7.05 Å². The molecule has 90 valence electrons. The van der Waals surface area contributed by atoms with E-state index in [-0.39, 0.29) is 5.91 Å². The molecule has 5 heteroatoms. The van der Waals surface area contributed by atoms with Crippen molar-refractivity contribution < 1.29 is 15.1 Å². The topological polar surface area (TPSA) is 81.6 Å². The lowest BCUT2D eigenvalue weighted by Gasteiger charge is -2.22. The van der Waals surface area contributed by atoms with Gasteiger partial charge in [-0.3, -0.25) is 4.79 Å². The summed E-state index contributed by atoms with van der Waals surface area (Å²) in [4.78, 5) is 11.3. The molecule has 0 spiro atoms. The van der Waals surface area contributed by atoms with Crippen LogP contribution < -0.4 is 10.8 Å². The number of aliphatic hydroxyl groups is 1. The Morgan fingerprint density at radius 2 is 2.38 bits per heavy atom. The maximum Gasteiger partial charge on any atom is 0.239 e. The number of nitrogens with one attached hydrogen (secondary N) is 2. The average molecular weight is 226 g/mol. The first-order chi connectivity index (χ1) is 7.48. The van der Waals surface area contributed by atoms with Crippen LogP contribution in [0.2, 0.25) is 0 Å². The van der Waals surface area contributed by atoms with Crippen molar-refractivity contribution in [2.24, 2.45) is 0 Å². The van der Waals surface area contributed by atoms with Gasteiger partial charge in [-0.2, -0.15) is 5.48 Å². The van der Waals surface area contributed by atoms with Gasteiger partial charge in [-0.25, -0.2) is 0 Å². The number of amides is 1. The van der Waals surface area contributed by atoms with Crippen molar-refractivity contribution in [2.45, 2.75) is 31.4 Å². The van der Waals surface area contributed by atoms with Gasteiger partial charge in [-0.15, -0.1) is 0 Å². The molecule has 0 saturated heterocycles. The van der Waals surface area contributed by atoms with Crippen molar-refractivity contribution in [1.82, 2.24) is 10.8 Å². The van der Waals surface area contributed by atoms with Crippen LogP contribution in [-0.2, 0) is 4.79 Å². The molecule has 2 atom stereocenters. The first-order valence-electron chi connectivity index (χ1n) is 5.20. The quantitative estimate of drug-likeness (QED) is 0.513. The highest BCUT2D eigenvalue weighted by Gasteiger charge is 2.21. The number of allylic oxidation sites excluding steroid dienone is 1. The molecular weight excluding hydrogens is 208 g/mol. The summed E-state index contributed by atoms with van der Waals surface area (Å²) in [5.74, 6) is -0.269. The number of rotatable bonds is 4. The minimum atomic E-state index is -0.807. The number of hydrogen-bond acceptors (Lipinski definition) is 4. The van der Waals surface area contributed by atoms with E-state index in [1.165, 1.54) is 7.05 Å². The number of hydroxylamine groups is 1. The molecule has 1 aliphatic rings. The molecule has 5 nitrogen and oxygen atoms in total. The fourth-order valence-corrected chi connectivity index (χ4v) is 1.52. The molecule has 1 unspecified atom stereocenters. The third kappa shape index (κ3) is 3.44. The molecule has 0 aliphatic heterocycles. The average Bonchev–Trinajstić information content (AvgIpc) is 2.27. The lowest BCUT2D eigenvalue weighted by Crippen LogP contribution is -2.41. The fourth-order valence-electron chi connectivity index (χ4n) is 1.52. The van der Waals surface area contributed by atoms with Crippen LogP contribution in [0, 0.1) is 0 Å². The standard InChI is InChI=1S/C11H18N2O3/c1-11(15)5-3-8(4-6-11)7-9(13-16)10(14)12-2/h3-5,9,13,15-16H,6-7H2,1-2H3,(H,12,14)/t9-,11?/m1/s1. The van der Waals surface area contributed by atoms with Gasteiger partial charge in [0.05, 0.1) is 5.60 Å². The van der Waals surface area contributed by atoms with Crippen molar-refractivity contribution in [1.29, 1.82) is 0 Å². The van der Waals surface area contributed by atoms with Crippen LogP contribution in [0.3, 0.4) is 0 Å². The van der Waals surface area contributed by atoms with Gasteiger partial charge >= 0.3 is 0 Å². The predicted molar refractivity (Wildman–Crippen MR) is 59.9 cm³/mol. The SMILES string of the molecule is CNC(=O)[C@@H](CC1=CCC(C)(O)C=C1)NO. The number of hydrogen-bond donors (Lipinski definition) is 4. The summed E-state index contributed by atoms with van der Waals surface area (Å²) in [7, 11) is 1.52. The van der Waals surface area contributed by atoms with E-state index in [0.717, 1.165) is 5.57 Å². The van der Waals surface area contributed by atoms with E-state index in [1.54, 1.807) is 19.1 Å². The highest BCUT2D eigenvalue weighted by molar-refractivity contribution is 5.81. The maximum atomic E-state index is 11.3. The number of carbonyl (C=O) groups excluding carboxylic acids is 1. The van der Waals surface area contributed by atoms with Gasteiger partial charge in [0.2, 0.25) is 5.91 Å². The van der Waals surface area contributed by atoms with Crippen molar-refractivity contribution in [2.75, 3.05) is 7.05 Å². The van der Waals surface area contributed by atoms with E-state index in [1.807, 2.05) is 11.6 Å².